The lowest BCUT2D eigenvalue weighted by Gasteiger charge is -2.06. The number of ketones is 2. The largest absolute Gasteiger partial charge is 0.292 e. The maximum atomic E-state index is 11.8. The Labute approximate surface area is 174 Å². The van der Waals surface area contributed by atoms with Gasteiger partial charge in [-0.05, 0) is 24.0 Å². The van der Waals surface area contributed by atoms with Gasteiger partial charge in [0.15, 0.2) is 11.6 Å². The number of rotatable bonds is 7. The van der Waals surface area contributed by atoms with Crippen molar-refractivity contribution in [2.45, 2.75) is 20.3 Å². The summed E-state index contributed by atoms with van der Waals surface area (Å²) >= 11 is 12.9. The fourth-order valence-corrected chi connectivity index (χ4v) is 3.27. The molecule has 0 aliphatic carbocycles. The molecule has 0 heterocycles. The van der Waals surface area contributed by atoms with E-state index in [0.29, 0.717) is 11.1 Å². The van der Waals surface area contributed by atoms with Crippen LogP contribution in [0.15, 0.2) is 48.5 Å². The number of Topliss-reactive ketones (excluding diaryl/α,β-unsaturated/α-hetero) is 2. The SMILES string of the molecule is O=C(c1ccc(CCc2ccc(C(=O)C(Br)Br)cc2)cc1)C(Br)Br. The van der Waals surface area contributed by atoms with Crippen molar-refractivity contribution < 1.29 is 9.59 Å². The molecule has 0 N–H and O–H groups in total. The summed E-state index contributed by atoms with van der Waals surface area (Å²) in [5, 5.41) is 0. The van der Waals surface area contributed by atoms with Crippen LogP contribution in [-0.4, -0.2) is 19.0 Å². The van der Waals surface area contributed by atoms with E-state index in [-0.39, 0.29) is 19.0 Å². The molecule has 24 heavy (non-hydrogen) atoms. The molecule has 0 bridgehead atoms. The number of alkyl halides is 4. The third-order valence-electron chi connectivity index (χ3n) is 3.58. The molecule has 2 aromatic carbocycles. The number of benzene rings is 2. The van der Waals surface area contributed by atoms with E-state index >= 15 is 0 Å². The van der Waals surface area contributed by atoms with Gasteiger partial charge in [-0.25, -0.2) is 0 Å². The summed E-state index contributed by atoms with van der Waals surface area (Å²) in [7, 11) is 0. The first-order valence-electron chi connectivity index (χ1n) is 7.21. The monoisotopic (exact) mass is 578 g/mol. The van der Waals surface area contributed by atoms with Crippen molar-refractivity contribution in [1.82, 2.24) is 0 Å². The number of halogens is 4. The minimum atomic E-state index is -0.351. The molecular formula is C18H14Br4O2. The van der Waals surface area contributed by atoms with Crippen LogP contribution in [0.1, 0.15) is 31.8 Å². The molecule has 0 aliphatic rings. The van der Waals surface area contributed by atoms with Crippen LogP contribution in [-0.2, 0) is 12.8 Å². The number of hydrogen-bond acceptors (Lipinski definition) is 2. The highest BCUT2D eigenvalue weighted by Gasteiger charge is 2.14. The number of carbonyl (C=O) groups is 2. The predicted molar refractivity (Wildman–Crippen MR) is 112 cm³/mol. The van der Waals surface area contributed by atoms with Crippen LogP contribution in [0, 0.1) is 0 Å². The second-order valence-corrected chi connectivity index (χ2v) is 11.3. The fourth-order valence-electron chi connectivity index (χ4n) is 2.21. The highest BCUT2D eigenvalue weighted by molar-refractivity contribution is 9.25. The Hall–Kier alpha value is -0.300. The van der Waals surface area contributed by atoms with Gasteiger partial charge in [-0.1, -0.05) is 112 Å². The first-order valence-corrected chi connectivity index (χ1v) is 10.9. The lowest BCUT2D eigenvalue weighted by Crippen LogP contribution is -2.07. The van der Waals surface area contributed by atoms with E-state index in [1.807, 2.05) is 48.5 Å². The van der Waals surface area contributed by atoms with E-state index in [1.54, 1.807) is 0 Å². The summed E-state index contributed by atoms with van der Waals surface area (Å²) in [4.78, 5) is 23.7. The van der Waals surface area contributed by atoms with Crippen molar-refractivity contribution in [3.05, 3.63) is 70.8 Å². The molecule has 0 unspecified atom stereocenters. The zero-order valence-corrected chi connectivity index (χ0v) is 18.9. The van der Waals surface area contributed by atoms with Crippen molar-refractivity contribution in [2.24, 2.45) is 0 Å². The minimum Gasteiger partial charge on any atom is -0.292 e. The zero-order chi connectivity index (χ0) is 17.7. The van der Waals surface area contributed by atoms with Gasteiger partial charge in [-0.2, -0.15) is 0 Å². The summed E-state index contributed by atoms with van der Waals surface area (Å²) in [5.41, 5.74) is 3.71. The summed E-state index contributed by atoms with van der Waals surface area (Å²) in [6.45, 7) is 0. The van der Waals surface area contributed by atoms with E-state index < -0.39 is 0 Å². The first kappa shape index (κ1) is 20.0. The van der Waals surface area contributed by atoms with Crippen LogP contribution in [0.4, 0.5) is 0 Å². The summed E-state index contributed by atoms with van der Waals surface area (Å²) in [6.07, 6.45) is 1.76. The molecule has 0 radical (unpaired) electrons. The summed E-state index contributed by atoms with van der Waals surface area (Å²) in [6, 6.07) is 15.3. The Balaban J connectivity index is 1.96. The molecule has 0 spiro atoms. The Kier molecular flexibility index (Phi) is 7.85. The molecule has 0 saturated heterocycles. The predicted octanol–water partition coefficient (Wildman–Crippen LogP) is 6.07. The van der Waals surface area contributed by atoms with Gasteiger partial charge < -0.3 is 0 Å². The second-order valence-electron chi connectivity index (χ2n) is 5.22. The first-order chi connectivity index (χ1) is 11.4. The molecule has 0 saturated carbocycles. The van der Waals surface area contributed by atoms with Gasteiger partial charge in [-0.15, -0.1) is 0 Å². The van der Waals surface area contributed by atoms with Gasteiger partial charge in [-0.3, -0.25) is 9.59 Å². The van der Waals surface area contributed by atoms with Gasteiger partial charge >= 0.3 is 0 Å². The third-order valence-corrected chi connectivity index (χ3v) is 5.24. The Morgan fingerprint density at radius 1 is 0.625 bits per heavy atom. The Bertz CT molecular complexity index is 643. The van der Waals surface area contributed by atoms with Gasteiger partial charge in [0.1, 0.15) is 7.47 Å². The quantitative estimate of drug-likeness (QED) is 0.294. The van der Waals surface area contributed by atoms with Crippen molar-refractivity contribution >= 4 is 75.3 Å². The molecule has 0 aromatic heterocycles. The second kappa shape index (κ2) is 9.41. The lowest BCUT2D eigenvalue weighted by atomic mass is 10.0. The van der Waals surface area contributed by atoms with Crippen LogP contribution in [0.3, 0.4) is 0 Å². The van der Waals surface area contributed by atoms with E-state index in [9.17, 15) is 9.59 Å². The standard InChI is InChI=1S/C18H14Br4O2/c19-17(20)15(23)13-7-3-11(4-8-13)1-2-12-5-9-14(10-6-12)16(24)18(21)22/h3-10,17-18H,1-2H2. The molecule has 2 nitrogen and oxygen atoms in total. The summed E-state index contributed by atoms with van der Waals surface area (Å²) < 4.78 is -0.702. The minimum absolute atomic E-state index is 0.0127. The molecular weight excluding hydrogens is 568 g/mol. The van der Waals surface area contributed by atoms with Crippen LogP contribution in [0.5, 0.6) is 0 Å². The van der Waals surface area contributed by atoms with Crippen molar-refractivity contribution in [1.29, 1.82) is 0 Å². The van der Waals surface area contributed by atoms with E-state index in [4.69, 9.17) is 0 Å². The van der Waals surface area contributed by atoms with Crippen LogP contribution in [0.2, 0.25) is 0 Å². The van der Waals surface area contributed by atoms with Crippen LogP contribution in [0.25, 0.3) is 0 Å². The number of aryl methyl sites for hydroxylation is 2. The van der Waals surface area contributed by atoms with Gasteiger partial charge in [0.25, 0.3) is 0 Å². The highest BCUT2D eigenvalue weighted by atomic mass is 79.9. The highest BCUT2D eigenvalue weighted by Crippen LogP contribution is 2.18. The average molecular weight is 582 g/mol. The van der Waals surface area contributed by atoms with E-state index in [0.717, 1.165) is 12.8 Å². The van der Waals surface area contributed by atoms with E-state index in [2.05, 4.69) is 63.7 Å². The molecule has 126 valence electrons. The van der Waals surface area contributed by atoms with Crippen molar-refractivity contribution in [3.63, 3.8) is 0 Å². The van der Waals surface area contributed by atoms with Crippen molar-refractivity contribution in [3.8, 4) is 0 Å². The number of hydrogen-bond donors (Lipinski definition) is 0. The zero-order valence-electron chi connectivity index (χ0n) is 12.5. The normalized spacial score (nSPS) is 11.1. The molecule has 2 rings (SSSR count). The van der Waals surface area contributed by atoms with Gasteiger partial charge in [0.05, 0.1) is 0 Å². The maximum absolute atomic E-state index is 11.8. The fraction of sp³-hybridized carbons (Fsp3) is 0.222. The average Bonchev–Trinajstić information content (AvgIpc) is 2.59. The summed E-state index contributed by atoms with van der Waals surface area (Å²) in [5.74, 6) is 0.0254. The van der Waals surface area contributed by atoms with Gasteiger partial charge in [0, 0.05) is 11.1 Å². The smallest absolute Gasteiger partial charge is 0.187 e. The Morgan fingerprint density at radius 2 is 0.917 bits per heavy atom. The van der Waals surface area contributed by atoms with Crippen molar-refractivity contribution in [2.75, 3.05) is 0 Å². The molecule has 6 heteroatoms. The Morgan fingerprint density at radius 3 is 1.17 bits per heavy atom. The van der Waals surface area contributed by atoms with E-state index in [1.165, 1.54) is 11.1 Å². The molecule has 2 aromatic rings. The number of carbonyl (C=O) groups excluding carboxylic acids is 2. The molecule has 0 aliphatic heterocycles. The lowest BCUT2D eigenvalue weighted by molar-refractivity contribution is 0.100. The van der Waals surface area contributed by atoms with Crippen LogP contribution < -0.4 is 0 Å². The molecule has 0 fully saturated rings. The molecule has 0 amide bonds. The maximum Gasteiger partial charge on any atom is 0.187 e. The van der Waals surface area contributed by atoms with Crippen LogP contribution >= 0.6 is 63.7 Å². The van der Waals surface area contributed by atoms with Gasteiger partial charge in [0.2, 0.25) is 0 Å². The molecule has 0 atom stereocenters. The third kappa shape index (κ3) is 5.61. The topological polar surface area (TPSA) is 34.1 Å².